The van der Waals surface area contributed by atoms with E-state index in [2.05, 4.69) is 5.32 Å². The van der Waals surface area contributed by atoms with E-state index in [1.165, 1.54) is 4.90 Å². The van der Waals surface area contributed by atoms with Crippen molar-refractivity contribution >= 4 is 23.6 Å². The van der Waals surface area contributed by atoms with Crippen LogP contribution in [0.3, 0.4) is 0 Å². The maximum atomic E-state index is 13.0. The molecular weight excluding hydrogens is 446 g/mol. The van der Waals surface area contributed by atoms with Gasteiger partial charge in [-0.3, -0.25) is 14.5 Å². The van der Waals surface area contributed by atoms with Gasteiger partial charge < -0.3 is 19.7 Å². The van der Waals surface area contributed by atoms with Crippen LogP contribution in [0, 0.1) is 0 Å². The number of hydrogen-bond donors (Lipinski definition) is 1. The molecule has 3 atom stereocenters. The molecule has 0 radical (unpaired) electrons. The largest absolute Gasteiger partial charge is 0.445 e. The van der Waals surface area contributed by atoms with Gasteiger partial charge in [-0.2, -0.15) is 0 Å². The molecule has 8 heteroatoms. The van der Waals surface area contributed by atoms with E-state index >= 15 is 0 Å². The molecule has 3 unspecified atom stereocenters. The van der Waals surface area contributed by atoms with Crippen LogP contribution in [-0.2, 0) is 20.9 Å². The Kier molecular flexibility index (Phi) is 8.02. The molecule has 2 saturated heterocycles. The average molecular weight is 480 g/mol. The minimum absolute atomic E-state index is 0.000849. The van der Waals surface area contributed by atoms with Crippen LogP contribution in [0.25, 0.3) is 0 Å². The van der Waals surface area contributed by atoms with Crippen LogP contribution >= 0.6 is 0 Å². The van der Waals surface area contributed by atoms with Gasteiger partial charge >= 0.3 is 6.09 Å². The maximum Gasteiger partial charge on any atom is 0.410 e. The SMILES string of the molecule is CC1CN(C(=O)c2ccc(NC(=O)C3CCCCN3C(=O)OCc3ccccc3)cc2)CC(C)O1. The van der Waals surface area contributed by atoms with Crippen LogP contribution in [0.4, 0.5) is 10.5 Å². The Morgan fingerprint density at radius 1 is 0.971 bits per heavy atom. The molecule has 2 aliphatic heterocycles. The molecule has 2 aliphatic rings. The first-order valence-corrected chi connectivity index (χ1v) is 12.2. The van der Waals surface area contributed by atoms with Crippen LogP contribution in [-0.4, -0.2) is 65.6 Å². The van der Waals surface area contributed by atoms with E-state index in [1.54, 1.807) is 29.2 Å². The van der Waals surface area contributed by atoms with Crippen LogP contribution in [0.2, 0.25) is 0 Å². The summed E-state index contributed by atoms with van der Waals surface area (Å²) >= 11 is 0. The number of nitrogens with one attached hydrogen (secondary N) is 1. The monoisotopic (exact) mass is 479 g/mol. The van der Waals surface area contributed by atoms with E-state index in [0.29, 0.717) is 37.3 Å². The Bertz CT molecular complexity index is 1020. The molecule has 0 aliphatic carbocycles. The summed E-state index contributed by atoms with van der Waals surface area (Å²) in [7, 11) is 0. The molecular formula is C27H33N3O5. The van der Waals surface area contributed by atoms with Crippen LogP contribution in [0.15, 0.2) is 54.6 Å². The smallest absolute Gasteiger partial charge is 0.410 e. The Morgan fingerprint density at radius 2 is 1.66 bits per heavy atom. The Morgan fingerprint density at radius 3 is 2.34 bits per heavy atom. The summed E-state index contributed by atoms with van der Waals surface area (Å²) in [6.07, 6.45) is 1.79. The fraction of sp³-hybridized carbons (Fsp3) is 0.444. The molecule has 0 saturated carbocycles. The van der Waals surface area contributed by atoms with E-state index in [0.717, 1.165) is 18.4 Å². The highest BCUT2D eigenvalue weighted by Gasteiger charge is 2.33. The number of ether oxygens (including phenoxy) is 2. The van der Waals surface area contributed by atoms with Gasteiger partial charge in [0.25, 0.3) is 5.91 Å². The lowest BCUT2D eigenvalue weighted by molar-refractivity contribution is -0.121. The predicted octanol–water partition coefficient (Wildman–Crippen LogP) is 4.07. The van der Waals surface area contributed by atoms with E-state index in [1.807, 2.05) is 44.2 Å². The second-order valence-electron chi connectivity index (χ2n) is 9.28. The summed E-state index contributed by atoms with van der Waals surface area (Å²) in [4.78, 5) is 42.0. The summed E-state index contributed by atoms with van der Waals surface area (Å²) in [5.74, 6) is -0.305. The van der Waals surface area contributed by atoms with Crippen molar-refractivity contribution < 1.29 is 23.9 Å². The van der Waals surface area contributed by atoms with Crippen molar-refractivity contribution in [1.82, 2.24) is 9.80 Å². The van der Waals surface area contributed by atoms with Crippen LogP contribution in [0.1, 0.15) is 49.0 Å². The van der Waals surface area contributed by atoms with Crippen molar-refractivity contribution in [3.05, 3.63) is 65.7 Å². The van der Waals surface area contributed by atoms with Crippen molar-refractivity contribution in [3.63, 3.8) is 0 Å². The lowest BCUT2D eigenvalue weighted by atomic mass is 10.0. The highest BCUT2D eigenvalue weighted by molar-refractivity contribution is 5.98. The topological polar surface area (TPSA) is 88.2 Å². The molecule has 0 bridgehead atoms. The summed E-state index contributed by atoms with van der Waals surface area (Å²) in [6, 6.07) is 15.8. The zero-order valence-corrected chi connectivity index (χ0v) is 20.3. The number of piperidine rings is 1. The molecule has 2 aromatic rings. The molecule has 186 valence electrons. The number of nitrogens with zero attached hydrogens (tertiary/aromatic N) is 2. The highest BCUT2D eigenvalue weighted by Crippen LogP contribution is 2.21. The summed E-state index contributed by atoms with van der Waals surface area (Å²) in [5.41, 5.74) is 2.04. The first-order valence-electron chi connectivity index (χ1n) is 12.2. The Labute approximate surface area is 206 Å². The number of carbonyl (C=O) groups excluding carboxylic acids is 3. The number of hydrogen-bond acceptors (Lipinski definition) is 5. The zero-order valence-electron chi connectivity index (χ0n) is 20.3. The lowest BCUT2D eigenvalue weighted by Crippen LogP contribution is -2.50. The first-order chi connectivity index (χ1) is 16.9. The number of rotatable bonds is 5. The van der Waals surface area contributed by atoms with E-state index in [4.69, 9.17) is 9.47 Å². The number of carbonyl (C=O) groups is 3. The second kappa shape index (κ2) is 11.4. The van der Waals surface area contributed by atoms with Gasteiger partial charge in [-0.1, -0.05) is 30.3 Å². The second-order valence-corrected chi connectivity index (χ2v) is 9.28. The zero-order chi connectivity index (χ0) is 24.8. The minimum Gasteiger partial charge on any atom is -0.445 e. The van der Waals surface area contributed by atoms with Crippen molar-refractivity contribution in [2.45, 2.75) is 58.0 Å². The molecule has 0 aromatic heterocycles. The lowest BCUT2D eigenvalue weighted by Gasteiger charge is -2.35. The number of benzene rings is 2. The fourth-order valence-electron chi connectivity index (χ4n) is 4.67. The molecule has 2 fully saturated rings. The third-order valence-corrected chi connectivity index (χ3v) is 6.35. The molecule has 2 heterocycles. The molecule has 4 rings (SSSR count). The van der Waals surface area contributed by atoms with E-state index in [-0.39, 0.29) is 30.6 Å². The third kappa shape index (κ3) is 6.39. The first kappa shape index (κ1) is 24.7. The Balaban J connectivity index is 1.35. The molecule has 35 heavy (non-hydrogen) atoms. The molecule has 0 spiro atoms. The third-order valence-electron chi connectivity index (χ3n) is 6.35. The van der Waals surface area contributed by atoms with Crippen molar-refractivity contribution in [2.24, 2.45) is 0 Å². The number of morpholine rings is 1. The number of anilines is 1. The highest BCUT2D eigenvalue weighted by atomic mass is 16.6. The van der Waals surface area contributed by atoms with Crippen molar-refractivity contribution in [3.8, 4) is 0 Å². The van der Waals surface area contributed by atoms with Crippen molar-refractivity contribution in [2.75, 3.05) is 25.0 Å². The summed E-state index contributed by atoms with van der Waals surface area (Å²) in [5, 5.41) is 2.90. The van der Waals surface area contributed by atoms with Gasteiger partial charge in [0.15, 0.2) is 0 Å². The number of likely N-dealkylation sites (tertiary alicyclic amines) is 1. The quantitative estimate of drug-likeness (QED) is 0.699. The summed E-state index contributed by atoms with van der Waals surface area (Å²) < 4.78 is 11.2. The van der Waals surface area contributed by atoms with Gasteiger partial charge in [0.1, 0.15) is 12.6 Å². The van der Waals surface area contributed by atoms with Gasteiger partial charge in [-0.05, 0) is 62.9 Å². The molecule has 8 nitrogen and oxygen atoms in total. The molecule has 2 aromatic carbocycles. The summed E-state index contributed by atoms with van der Waals surface area (Å²) in [6.45, 7) is 5.68. The fourth-order valence-corrected chi connectivity index (χ4v) is 4.67. The molecule has 3 amide bonds. The minimum atomic E-state index is -0.593. The van der Waals surface area contributed by atoms with E-state index in [9.17, 15) is 14.4 Å². The average Bonchev–Trinajstić information content (AvgIpc) is 2.87. The van der Waals surface area contributed by atoms with Gasteiger partial charge in [0.2, 0.25) is 5.91 Å². The van der Waals surface area contributed by atoms with Gasteiger partial charge in [-0.25, -0.2) is 4.79 Å². The van der Waals surface area contributed by atoms with Crippen molar-refractivity contribution in [1.29, 1.82) is 0 Å². The van der Waals surface area contributed by atoms with Gasteiger partial charge in [0, 0.05) is 30.9 Å². The van der Waals surface area contributed by atoms with Crippen LogP contribution in [0.5, 0.6) is 0 Å². The normalized spacial score (nSPS) is 22.4. The van der Waals surface area contributed by atoms with Gasteiger partial charge in [-0.15, -0.1) is 0 Å². The molecule has 1 N–H and O–H groups in total. The standard InChI is InChI=1S/C27H33N3O5/c1-19-16-29(17-20(2)35-19)26(32)22-11-13-23(14-12-22)28-25(31)24-10-6-7-15-30(24)27(33)34-18-21-8-4-3-5-9-21/h3-5,8-9,11-14,19-20,24H,6-7,10,15-18H2,1-2H3,(H,28,31). The predicted molar refractivity (Wildman–Crippen MR) is 132 cm³/mol. The van der Waals surface area contributed by atoms with E-state index < -0.39 is 12.1 Å². The van der Waals surface area contributed by atoms with Gasteiger partial charge in [0.05, 0.1) is 12.2 Å². The van der Waals surface area contributed by atoms with Crippen LogP contribution < -0.4 is 5.32 Å². The number of amides is 3. The Hall–Kier alpha value is -3.39. The maximum absolute atomic E-state index is 13.0.